The molecule has 0 bridgehead atoms. The summed E-state index contributed by atoms with van der Waals surface area (Å²) in [6.45, 7) is 3.83. The largest absolute Gasteiger partial charge is 0.508 e. The Morgan fingerprint density at radius 1 is 1.21 bits per heavy atom. The molecule has 28 heavy (non-hydrogen) atoms. The van der Waals surface area contributed by atoms with E-state index in [-0.39, 0.29) is 22.2 Å². The lowest BCUT2D eigenvalue weighted by atomic mass is 10.0. The molecule has 7 heteroatoms. The lowest BCUT2D eigenvalue weighted by Gasteiger charge is -2.17. The first-order valence-electron chi connectivity index (χ1n) is 8.97. The number of ether oxygens (including phenoxy) is 1. The molecule has 2 aromatic carbocycles. The number of hydrogen-bond donors (Lipinski definition) is 2. The quantitative estimate of drug-likeness (QED) is 0.699. The number of carbonyl (C=O) groups is 1. The van der Waals surface area contributed by atoms with Gasteiger partial charge in [0.15, 0.2) is 0 Å². The van der Waals surface area contributed by atoms with E-state index in [2.05, 4.69) is 5.32 Å². The fourth-order valence-corrected chi connectivity index (χ4v) is 4.68. The van der Waals surface area contributed by atoms with Crippen LogP contribution in [-0.2, 0) is 4.79 Å². The molecule has 1 aliphatic rings. The molecule has 0 saturated carbocycles. The highest BCUT2D eigenvalue weighted by molar-refractivity contribution is 8.01. The van der Waals surface area contributed by atoms with Gasteiger partial charge in [0.05, 0.1) is 29.0 Å². The predicted octanol–water partition coefficient (Wildman–Crippen LogP) is 4.06. The van der Waals surface area contributed by atoms with Gasteiger partial charge in [-0.15, -0.1) is 11.8 Å². The van der Waals surface area contributed by atoms with Crippen LogP contribution < -0.4 is 10.1 Å². The van der Waals surface area contributed by atoms with Crippen LogP contribution in [0.1, 0.15) is 29.0 Å². The summed E-state index contributed by atoms with van der Waals surface area (Å²) in [4.78, 5) is 12.7. The second-order valence-corrected chi connectivity index (χ2v) is 8.15. The molecule has 1 aromatic heterocycles. The predicted molar refractivity (Wildman–Crippen MR) is 110 cm³/mol. The number of benzene rings is 2. The first kappa shape index (κ1) is 18.4. The summed E-state index contributed by atoms with van der Waals surface area (Å²) in [5.74, 6) is 1.56. The number of hydrogen-bond acceptors (Lipinski definition) is 5. The molecule has 3 aromatic rings. The third kappa shape index (κ3) is 3.22. The Bertz CT molecular complexity index is 1030. The number of nitrogens with zero attached hydrogens (tertiary/aromatic N) is 2. The first-order valence-corrected chi connectivity index (χ1v) is 9.91. The van der Waals surface area contributed by atoms with E-state index >= 15 is 0 Å². The van der Waals surface area contributed by atoms with Crippen LogP contribution in [0, 0.1) is 6.92 Å². The summed E-state index contributed by atoms with van der Waals surface area (Å²) < 4.78 is 6.99. The van der Waals surface area contributed by atoms with Crippen LogP contribution in [0.2, 0.25) is 0 Å². The van der Waals surface area contributed by atoms with Gasteiger partial charge in [0, 0.05) is 5.56 Å². The van der Waals surface area contributed by atoms with Gasteiger partial charge in [-0.3, -0.25) is 4.79 Å². The van der Waals surface area contributed by atoms with Crippen molar-refractivity contribution in [3.05, 3.63) is 65.4 Å². The highest BCUT2D eigenvalue weighted by Crippen LogP contribution is 2.46. The summed E-state index contributed by atoms with van der Waals surface area (Å²) in [5.41, 5.74) is 3.55. The van der Waals surface area contributed by atoms with Crippen molar-refractivity contribution in [1.82, 2.24) is 9.78 Å². The summed E-state index contributed by atoms with van der Waals surface area (Å²) in [7, 11) is 1.62. The van der Waals surface area contributed by atoms with Crippen molar-refractivity contribution in [2.75, 3.05) is 12.4 Å². The van der Waals surface area contributed by atoms with Gasteiger partial charge in [-0.2, -0.15) is 5.10 Å². The average molecular weight is 395 g/mol. The van der Waals surface area contributed by atoms with E-state index in [0.717, 1.165) is 28.3 Å². The maximum Gasteiger partial charge on any atom is 0.238 e. The number of carbonyl (C=O) groups excluding carboxylic acids is 1. The van der Waals surface area contributed by atoms with Crippen molar-refractivity contribution < 1.29 is 14.6 Å². The molecule has 0 unspecified atom stereocenters. The maximum atomic E-state index is 12.7. The lowest BCUT2D eigenvalue weighted by Crippen LogP contribution is -2.22. The third-order valence-corrected chi connectivity index (χ3v) is 6.21. The van der Waals surface area contributed by atoms with Gasteiger partial charge in [-0.1, -0.05) is 12.1 Å². The fourth-order valence-electron chi connectivity index (χ4n) is 3.37. The SMILES string of the molecule is COc1ccc(-n2nc(C)c3c2NC(=O)[C@@H](C)S[C@H]3c2cccc(O)c2)cc1. The molecule has 2 atom stereocenters. The second kappa shape index (κ2) is 7.24. The molecule has 6 nitrogen and oxygen atoms in total. The van der Waals surface area contributed by atoms with E-state index in [1.165, 1.54) is 0 Å². The minimum absolute atomic E-state index is 0.0661. The zero-order valence-electron chi connectivity index (χ0n) is 15.8. The van der Waals surface area contributed by atoms with E-state index in [4.69, 9.17) is 9.84 Å². The van der Waals surface area contributed by atoms with E-state index in [0.29, 0.717) is 5.82 Å². The molecule has 4 rings (SSSR count). The monoisotopic (exact) mass is 395 g/mol. The van der Waals surface area contributed by atoms with Gasteiger partial charge in [0.2, 0.25) is 5.91 Å². The number of phenolic OH excluding ortho intramolecular Hbond substituents is 1. The molecular weight excluding hydrogens is 374 g/mol. The normalized spacial score (nSPS) is 18.9. The Labute approximate surface area is 167 Å². The van der Waals surface area contributed by atoms with Crippen molar-refractivity contribution in [1.29, 1.82) is 0 Å². The maximum absolute atomic E-state index is 12.7. The molecule has 0 saturated heterocycles. The zero-order valence-corrected chi connectivity index (χ0v) is 16.7. The number of aromatic nitrogens is 2. The van der Waals surface area contributed by atoms with Crippen LogP contribution in [0.4, 0.5) is 5.82 Å². The Balaban J connectivity index is 1.88. The van der Waals surface area contributed by atoms with Gasteiger partial charge in [0.1, 0.15) is 17.3 Å². The Hall–Kier alpha value is -2.93. The standard InChI is InChI=1S/C21H21N3O3S/c1-12-18-19(14-5-4-6-16(25)11-14)28-13(2)21(26)22-20(18)24(23-12)15-7-9-17(27-3)10-8-15/h4-11,13,19,25H,1-3H3,(H,22,26)/t13-,19+/m1/s1. The number of anilines is 1. The van der Waals surface area contributed by atoms with Gasteiger partial charge in [-0.05, 0) is 55.8 Å². The van der Waals surface area contributed by atoms with E-state index in [1.807, 2.05) is 50.2 Å². The van der Waals surface area contributed by atoms with Crippen molar-refractivity contribution in [3.63, 3.8) is 0 Å². The lowest BCUT2D eigenvalue weighted by molar-refractivity contribution is -0.115. The van der Waals surface area contributed by atoms with Gasteiger partial charge < -0.3 is 15.2 Å². The topological polar surface area (TPSA) is 76.4 Å². The number of thioether (sulfide) groups is 1. The van der Waals surface area contributed by atoms with Crippen molar-refractivity contribution in [2.24, 2.45) is 0 Å². The number of phenols is 1. The van der Waals surface area contributed by atoms with Gasteiger partial charge >= 0.3 is 0 Å². The number of aromatic hydroxyl groups is 1. The smallest absolute Gasteiger partial charge is 0.238 e. The number of rotatable bonds is 3. The highest BCUT2D eigenvalue weighted by atomic mass is 32.2. The number of nitrogens with one attached hydrogen (secondary N) is 1. The molecular formula is C21H21N3O3S. The van der Waals surface area contributed by atoms with Gasteiger partial charge in [-0.25, -0.2) is 4.68 Å². The molecule has 0 aliphatic carbocycles. The highest BCUT2D eigenvalue weighted by Gasteiger charge is 2.34. The first-order chi connectivity index (χ1) is 13.5. The third-order valence-electron chi connectivity index (χ3n) is 4.81. The summed E-state index contributed by atoms with van der Waals surface area (Å²) >= 11 is 1.55. The van der Waals surface area contributed by atoms with Crippen LogP contribution in [0.15, 0.2) is 48.5 Å². The van der Waals surface area contributed by atoms with E-state index in [1.54, 1.807) is 35.7 Å². The molecule has 0 radical (unpaired) electrons. The number of methoxy groups -OCH3 is 1. The Kier molecular flexibility index (Phi) is 4.77. The molecule has 144 valence electrons. The van der Waals surface area contributed by atoms with E-state index in [9.17, 15) is 9.90 Å². The number of amides is 1. The average Bonchev–Trinajstić information content (AvgIpc) is 2.94. The number of fused-ring (bicyclic) bond motifs is 1. The Morgan fingerprint density at radius 2 is 1.96 bits per heavy atom. The molecule has 1 aliphatic heterocycles. The van der Waals surface area contributed by atoms with Crippen LogP contribution in [0.5, 0.6) is 11.5 Å². The minimum Gasteiger partial charge on any atom is -0.508 e. The van der Waals surface area contributed by atoms with Crippen molar-refractivity contribution >= 4 is 23.5 Å². The van der Waals surface area contributed by atoms with Crippen LogP contribution in [0.25, 0.3) is 5.69 Å². The van der Waals surface area contributed by atoms with Crippen LogP contribution in [0.3, 0.4) is 0 Å². The fraction of sp³-hybridized carbons (Fsp3) is 0.238. The minimum atomic E-state index is -0.247. The van der Waals surface area contributed by atoms with Crippen molar-refractivity contribution in [2.45, 2.75) is 24.3 Å². The molecule has 2 N–H and O–H groups in total. The Morgan fingerprint density at radius 3 is 2.64 bits per heavy atom. The molecule has 0 fully saturated rings. The zero-order chi connectivity index (χ0) is 19.8. The molecule has 0 spiro atoms. The summed E-state index contributed by atoms with van der Waals surface area (Å²) in [5, 5.41) is 17.3. The molecule has 2 heterocycles. The van der Waals surface area contributed by atoms with Gasteiger partial charge in [0.25, 0.3) is 0 Å². The van der Waals surface area contributed by atoms with E-state index < -0.39 is 0 Å². The second-order valence-electron chi connectivity index (χ2n) is 6.70. The number of aryl methyl sites for hydroxylation is 1. The summed E-state index contributed by atoms with van der Waals surface area (Å²) in [6, 6.07) is 14.7. The van der Waals surface area contributed by atoms with Crippen molar-refractivity contribution in [3.8, 4) is 17.2 Å². The summed E-state index contributed by atoms with van der Waals surface area (Å²) in [6.07, 6.45) is 0. The van der Waals surface area contributed by atoms with Crippen LogP contribution >= 0.6 is 11.8 Å². The van der Waals surface area contributed by atoms with Crippen LogP contribution in [-0.4, -0.2) is 33.2 Å². The molecule has 1 amide bonds.